The van der Waals surface area contributed by atoms with Gasteiger partial charge in [0.15, 0.2) is 0 Å². The Kier molecular flexibility index (Phi) is 7.12. The maximum Gasteiger partial charge on any atom is 0.265 e. The van der Waals surface area contributed by atoms with Gasteiger partial charge in [0.2, 0.25) is 0 Å². The van der Waals surface area contributed by atoms with Gasteiger partial charge in [-0.1, -0.05) is 23.7 Å². The first kappa shape index (κ1) is 23.2. The van der Waals surface area contributed by atoms with Gasteiger partial charge in [-0.2, -0.15) is 0 Å². The number of para-hydroxylation sites is 1. The van der Waals surface area contributed by atoms with Crippen LogP contribution in [0.2, 0.25) is 5.02 Å². The zero-order chi connectivity index (χ0) is 23.3. The van der Waals surface area contributed by atoms with E-state index in [2.05, 4.69) is 10.0 Å². The lowest BCUT2D eigenvalue weighted by Gasteiger charge is -2.15. The number of amides is 1. The van der Waals surface area contributed by atoms with Crippen LogP contribution >= 0.6 is 11.6 Å². The van der Waals surface area contributed by atoms with Gasteiger partial charge < -0.3 is 19.5 Å². The van der Waals surface area contributed by atoms with E-state index in [9.17, 15) is 13.2 Å². The van der Waals surface area contributed by atoms with Crippen molar-refractivity contribution in [3.63, 3.8) is 0 Å². The second-order valence-corrected chi connectivity index (χ2v) is 8.53. The molecule has 32 heavy (non-hydrogen) atoms. The molecule has 0 spiro atoms. The number of hydrogen-bond donors (Lipinski definition) is 2. The lowest BCUT2D eigenvalue weighted by Crippen LogP contribution is -2.16. The maximum absolute atomic E-state index is 13.0. The Bertz CT molecular complexity index is 1250. The minimum atomic E-state index is -4.08. The van der Waals surface area contributed by atoms with Crippen LogP contribution in [0.1, 0.15) is 10.4 Å². The van der Waals surface area contributed by atoms with Gasteiger partial charge in [-0.15, -0.1) is 0 Å². The van der Waals surface area contributed by atoms with Gasteiger partial charge in [0, 0.05) is 11.8 Å². The Morgan fingerprint density at radius 1 is 0.875 bits per heavy atom. The van der Waals surface area contributed by atoms with E-state index in [0.29, 0.717) is 11.5 Å². The summed E-state index contributed by atoms with van der Waals surface area (Å²) in [6.45, 7) is 0. The molecule has 3 rings (SSSR count). The molecule has 0 aromatic heterocycles. The van der Waals surface area contributed by atoms with Crippen molar-refractivity contribution in [2.45, 2.75) is 4.90 Å². The predicted octanol–water partition coefficient (Wildman–Crippen LogP) is 4.42. The fourth-order valence-electron chi connectivity index (χ4n) is 2.89. The minimum Gasteiger partial charge on any atom is -0.497 e. The van der Waals surface area contributed by atoms with Crippen molar-refractivity contribution < 1.29 is 27.4 Å². The lowest BCUT2D eigenvalue weighted by molar-refractivity contribution is 0.102. The number of rotatable bonds is 8. The Morgan fingerprint density at radius 2 is 1.59 bits per heavy atom. The molecule has 0 saturated heterocycles. The van der Waals surface area contributed by atoms with E-state index in [1.165, 1.54) is 45.6 Å². The van der Waals surface area contributed by atoms with Crippen LogP contribution < -0.4 is 24.2 Å². The molecule has 1 amide bonds. The van der Waals surface area contributed by atoms with Crippen molar-refractivity contribution in [3.8, 4) is 17.2 Å². The molecule has 3 aromatic rings. The molecule has 8 nitrogen and oxygen atoms in total. The smallest absolute Gasteiger partial charge is 0.265 e. The summed E-state index contributed by atoms with van der Waals surface area (Å²) in [5.41, 5.74) is 0.713. The molecule has 0 heterocycles. The van der Waals surface area contributed by atoms with Gasteiger partial charge in [-0.3, -0.25) is 9.52 Å². The molecule has 0 atom stereocenters. The Morgan fingerprint density at radius 3 is 2.25 bits per heavy atom. The number of carbonyl (C=O) groups excluding carboxylic acids is 1. The summed E-state index contributed by atoms with van der Waals surface area (Å²) in [5.74, 6) is 0.451. The predicted molar refractivity (Wildman–Crippen MR) is 123 cm³/mol. The van der Waals surface area contributed by atoms with E-state index < -0.39 is 15.9 Å². The van der Waals surface area contributed by atoms with E-state index in [-0.39, 0.29) is 32.6 Å². The van der Waals surface area contributed by atoms with Gasteiger partial charge in [-0.05, 0) is 42.5 Å². The molecule has 0 aliphatic rings. The Labute approximate surface area is 191 Å². The highest BCUT2D eigenvalue weighted by Crippen LogP contribution is 2.31. The van der Waals surface area contributed by atoms with Crippen LogP contribution in [0.25, 0.3) is 0 Å². The largest absolute Gasteiger partial charge is 0.497 e. The van der Waals surface area contributed by atoms with Gasteiger partial charge in [-0.25, -0.2) is 8.42 Å². The van der Waals surface area contributed by atoms with Gasteiger partial charge in [0.25, 0.3) is 15.9 Å². The molecule has 0 radical (unpaired) electrons. The third kappa shape index (κ3) is 5.06. The second kappa shape index (κ2) is 9.80. The van der Waals surface area contributed by atoms with E-state index in [4.69, 9.17) is 25.8 Å². The van der Waals surface area contributed by atoms with Crippen molar-refractivity contribution in [2.24, 2.45) is 0 Å². The van der Waals surface area contributed by atoms with Crippen molar-refractivity contribution in [2.75, 3.05) is 31.4 Å². The average molecular weight is 477 g/mol. The van der Waals surface area contributed by atoms with E-state index in [1.54, 1.807) is 36.4 Å². The van der Waals surface area contributed by atoms with E-state index in [0.717, 1.165) is 0 Å². The normalized spacial score (nSPS) is 10.9. The van der Waals surface area contributed by atoms with Crippen molar-refractivity contribution in [1.82, 2.24) is 0 Å². The fraction of sp³-hybridized carbons (Fsp3) is 0.136. The first-order valence-corrected chi connectivity index (χ1v) is 11.1. The molecule has 2 N–H and O–H groups in total. The zero-order valence-corrected chi connectivity index (χ0v) is 19.1. The van der Waals surface area contributed by atoms with Crippen LogP contribution in [0.5, 0.6) is 17.2 Å². The van der Waals surface area contributed by atoms with Crippen molar-refractivity contribution in [1.29, 1.82) is 0 Å². The number of benzene rings is 3. The number of ether oxygens (including phenoxy) is 3. The molecule has 0 aliphatic heterocycles. The molecule has 0 fully saturated rings. The Hall–Kier alpha value is -3.43. The van der Waals surface area contributed by atoms with Crippen LogP contribution in [-0.2, 0) is 10.0 Å². The SMILES string of the molecule is COc1ccc(C(=O)Nc2ccc(OC)c(S(=O)(=O)Nc3ccccc3Cl)c2)c(OC)c1. The Balaban J connectivity index is 1.93. The van der Waals surface area contributed by atoms with Crippen molar-refractivity contribution >= 4 is 38.9 Å². The second-order valence-electron chi connectivity index (χ2n) is 6.47. The van der Waals surface area contributed by atoms with Crippen LogP contribution in [0.4, 0.5) is 11.4 Å². The lowest BCUT2D eigenvalue weighted by atomic mass is 10.1. The quantitative estimate of drug-likeness (QED) is 0.499. The molecule has 10 heteroatoms. The number of carbonyl (C=O) groups is 1. The average Bonchev–Trinajstić information content (AvgIpc) is 2.79. The standard InChI is InChI=1S/C22H21ClN2O6S/c1-29-15-9-10-16(20(13-15)31-3)22(26)24-14-8-11-19(30-2)21(12-14)32(27,28)25-18-7-5-4-6-17(18)23/h4-13,25H,1-3H3,(H,24,26). The van der Waals surface area contributed by atoms with Gasteiger partial charge in [0.1, 0.15) is 22.1 Å². The molecular weight excluding hydrogens is 456 g/mol. The van der Waals surface area contributed by atoms with Gasteiger partial charge in [0.05, 0.1) is 37.6 Å². The third-order valence-electron chi connectivity index (χ3n) is 4.48. The summed E-state index contributed by atoms with van der Waals surface area (Å²) >= 11 is 6.07. The zero-order valence-electron chi connectivity index (χ0n) is 17.5. The van der Waals surface area contributed by atoms with Crippen molar-refractivity contribution in [3.05, 3.63) is 71.2 Å². The molecule has 168 valence electrons. The van der Waals surface area contributed by atoms with Crippen LogP contribution in [0, 0.1) is 0 Å². The number of hydrogen-bond acceptors (Lipinski definition) is 6. The molecule has 0 bridgehead atoms. The highest BCUT2D eigenvalue weighted by atomic mass is 35.5. The summed E-state index contributed by atoms with van der Waals surface area (Å²) in [7, 11) is 0.215. The molecule has 0 unspecified atom stereocenters. The number of anilines is 2. The summed E-state index contributed by atoms with van der Waals surface area (Å²) in [5, 5.41) is 2.92. The number of nitrogens with one attached hydrogen (secondary N) is 2. The fourth-order valence-corrected chi connectivity index (χ4v) is 4.41. The number of methoxy groups -OCH3 is 3. The summed E-state index contributed by atoms with van der Waals surface area (Å²) in [6.07, 6.45) is 0. The number of halogens is 1. The van der Waals surface area contributed by atoms with Gasteiger partial charge >= 0.3 is 0 Å². The summed E-state index contributed by atoms with van der Waals surface area (Å²) in [4.78, 5) is 12.6. The van der Waals surface area contributed by atoms with E-state index in [1.807, 2.05) is 0 Å². The molecule has 0 saturated carbocycles. The highest BCUT2D eigenvalue weighted by molar-refractivity contribution is 7.92. The van der Waals surface area contributed by atoms with E-state index >= 15 is 0 Å². The maximum atomic E-state index is 13.0. The summed E-state index contributed by atoms with van der Waals surface area (Å²) < 4.78 is 44.1. The third-order valence-corrected chi connectivity index (χ3v) is 6.20. The topological polar surface area (TPSA) is 103 Å². The van der Waals surface area contributed by atoms with Crippen LogP contribution in [-0.4, -0.2) is 35.7 Å². The first-order valence-electron chi connectivity index (χ1n) is 9.28. The van der Waals surface area contributed by atoms with Crippen LogP contribution in [0.3, 0.4) is 0 Å². The monoisotopic (exact) mass is 476 g/mol. The highest BCUT2D eigenvalue weighted by Gasteiger charge is 2.22. The number of sulfonamides is 1. The summed E-state index contributed by atoms with van der Waals surface area (Å²) in [6, 6.07) is 15.5. The minimum absolute atomic E-state index is 0.101. The van der Waals surface area contributed by atoms with Crippen LogP contribution in [0.15, 0.2) is 65.6 Å². The molecular formula is C22H21ClN2O6S. The first-order chi connectivity index (χ1) is 15.3. The molecule has 3 aromatic carbocycles. The molecule has 0 aliphatic carbocycles.